The molecule has 0 saturated heterocycles. The number of carbonyl (C=O) groups excluding carboxylic acids is 2. The molecule has 1 fully saturated rings. The smallest absolute Gasteiger partial charge is 0.248 e. The minimum atomic E-state index is -1.29. The summed E-state index contributed by atoms with van der Waals surface area (Å²) < 4.78 is 45.3. The zero-order chi connectivity index (χ0) is 31.0. The third kappa shape index (κ3) is 5.39. The van der Waals surface area contributed by atoms with E-state index in [1.165, 1.54) is 42.7 Å². The molecule has 0 atom stereocenters. The van der Waals surface area contributed by atoms with Gasteiger partial charge in [-0.05, 0) is 60.9 Å². The summed E-state index contributed by atoms with van der Waals surface area (Å²) in [6, 6.07) is 12.9. The first-order chi connectivity index (χ1) is 21.2. The van der Waals surface area contributed by atoms with Crippen LogP contribution in [0, 0.1) is 17.0 Å². The molecule has 44 heavy (non-hydrogen) atoms. The lowest BCUT2D eigenvalue weighted by Gasteiger charge is -2.21. The average molecular weight is 603 g/mol. The zero-order valence-corrected chi connectivity index (χ0v) is 24.0. The number of hydrogen-bond acceptors (Lipinski definition) is 9. The van der Waals surface area contributed by atoms with Gasteiger partial charge < -0.3 is 35.1 Å². The highest BCUT2D eigenvalue weighted by atomic mass is 19.1. The van der Waals surface area contributed by atoms with Crippen LogP contribution in [0.1, 0.15) is 18.4 Å². The van der Waals surface area contributed by atoms with Gasteiger partial charge in [0.05, 0.1) is 14.2 Å². The Kier molecular flexibility index (Phi) is 7.37. The second-order valence-electron chi connectivity index (χ2n) is 10.5. The van der Waals surface area contributed by atoms with Gasteiger partial charge in [0.1, 0.15) is 23.2 Å². The number of aromatic nitrogens is 2. The van der Waals surface area contributed by atoms with Crippen molar-refractivity contribution in [1.29, 1.82) is 0 Å². The van der Waals surface area contributed by atoms with Crippen molar-refractivity contribution in [2.24, 2.45) is 5.41 Å². The van der Waals surface area contributed by atoms with Crippen LogP contribution in [-0.4, -0.2) is 43.0 Å². The summed E-state index contributed by atoms with van der Waals surface area (Å²) in [6.07, 6.45) is 1.97. The predicted octanol–water partition coefficient (Wildman–Crippen LogP) is 5.62. The number of hydrogen-bond donors (Lipinski definition) is 3. The first kappa shape index (κ1) is 28.6. The maximum atomic E-state index is 15.3. The Labute approximate surface area is 251 Å². The second-order valence-corrected chi connectivity index (χ2v) is 10.5. The van der Waals surface area contributed by atoms with E-state index in [4.69, 9.17) is 14.2 Å². The molecule has 3 aromatic carbocycles. The van der Waals surface area contributed by atoms with Crippen LogP contribution in [0.3, 0.4) is 0 Å². The molecular formula is C31H28F2N6O5. The highest BCUT2D eigenvalue weighted by Crippen LogP contribution is 2.48. The minimum Gasteiger partial charge on any atom is -0.493 e. The fourth-order valence-corrected chi connectivity index (χ4v) is 4.99. The first-order valence-corrected chi connectivity index (χ1v) is 13.6. The van der Waals surface area contributed by atoms with E-state index in [9.17, 15) is 14.0 Å². The van der Waals surface area contributed by atoms with Gasteiger partial charge in [0, 0.05) is 42.8 Å². The number of methoxy groups -OCH3 is 2. The Hall–Kier alpha value is -5.46. The summed E-state index contributed by atoms with van der Waals surface area (Å²) in [6.45, 7) is 0.434. The van der Waals surface area contributed by atoms with E-state index in [1.807, 2.05) is 24.1 Å². The highest BCUT2D eigenvalue weighted by Gasteiger charge is 2.56. The summed E-state index contributed by atoms with van der Waals surface area (Å²) in [5, 5.41) is 8.55. The molecule has 2 heterocycles. The molecule has 1 aliphatic heterocycles. The number of nitrogens with one attached hydrogen (secondary N) is 3. The van der Waals surface area contributed by atoms with Crippen LogP contribution >= 0.6 is 0 Å². The molecule has 3 N–H and O–H groups in total. The summed E-state index contributed by atoms with van der Waals surface area (Å²) in [7, 11) is 4.95. The Bertz CT molecular complexity index is 1760. The Balaban J connectivity index is 1.18. The van der Waals surface area contributed by atoms with Crippen LogP contribution in [0.15, 0.2) is 60.9 Å². The fraction of sp³-hybridized carbons (Fsp3) is 0.226. The number of halogens is 2. The van der Waals surface area contributed by atoms with E-state index in [0.717, 1.165) is 17.3 Å². The molecule has 0 bridgehead atoms. The molecule has 2 amide bonds. The van der Waals surface area contributed by atoms with Gasteiger partial charge in [0.25, 0.3) is 0 Å². The van der Waals surface area contributed by atoms with Crippen molar-refractivity contribution in [1.82, 2.24) is 9.97 Å². The summed E-state index contributed by atoms with van der Waals surface area (Å²) >= 11 is 0. The van der Waals surface area contributed by atoms with Crippen molar-refractivity contribution in [2.75, 3.05) is 42.1 Å². The lowest BCUT2D eigenvalue weighted by molar-refractivity contribution is -0.131. The monoisotopic (exact) mass is 602 g/mol. The van der Waals surface area contributed by atoms with Gasteiger partial charge >= 0.3 is 0 Å². The molecular weight excluding hydrogens is 574 g/mol. The molecule has 1 aliphatic carbocycles. The summed E-state index contributed by atoms with van der Waals surface area (Å²) in [4.78, 5) is 36.4. The maximum absolute atomic E-state index is 15.3. The third-order valence-electron chi connectivity index (χ3n) is 7.56. The number of ether oxygens (including phenoxy) is 3. The number of carbonyl (C=O) groups is 2. The van der Waals surface area contributed by atoms with Crippen LogP contribution in [0.5, 0.6) is 23.1 Å². The van der Waals surface area contributed by atoms with Crippen LogP contribution in [0.25, 0.3) is 0 Å². The Morgan fingerprint density at radius 3 is 2.20 bits per heavy atom. The third-order valence-corrected chi connectivity index (χ3v) is 7.56. The van der Waals surface area contributed by atoms with Gasteiger partial charge in [-0.1, -0.05) is 0 Å². The van der Waals surface area contributed by atoms with Crippen molar-refractivity contribution in [3.05, 3.63) is 78.1 Å². The van der Waals surface area contributed by atoms with Gasteiger partial charge in [0.2, 0.25) is 17.7 Å². The van der Waals surface area contributed by atoms with E-state index in [2.05, 4.69) is 25.9 Å². The van der Waals surface area contributed by atoms with E-state index in [1.54, 1.807) is 14.2 Å². The van der Waals surface area contributed by atoms with Gasteiger partial charge in [-0.15, -0.1) is 0 Å². The van der Waals surface area contributed by atoms with Gasteiger partial charge in [0.15, 0.2) is 28.9 Å². The molecule has 1 aromatic heterocycles. The van der Waals surface area contributed by atoms with Gasteiger partial charge in [-0.2, -0.15) is 4.98 Å². The van der Waals surface area contributed by atoms with Crippen LogP contribution < -0.4 is 35.1 Å². The molecule has 4 aromatic rings. The molecule has 2 aliphatic rings. The zero-order valence-electron chi connectivity index (χ0n) is 24.0. The number of amides is 2. The Morgan fingerprint density at radius 2 is 1.55 bits per heavy atom. The van der Waals surface area contributed by atoms with Crippen LogP contribution in [0.4, 0.5) is 37.3 Å². The van der Waals surface area contributed by atoms with E-state index in [0.29, 0.717) is 48.1 Å². The minimum absolute atomic E-state index is 0.113. The van der Waals surface area contributed by atoms with Gasteiger partial charge in [-0.25, -0.2) is 13.8 Å². The molecule has 0 unspecified atom stereocenters. The standard InChI is InChI=1S/C31H28F2N6O5/c1-39-15-17-12-24(42-2)25(43-3)14-22(17)38-27-26(39)28(35-16-34-27)44-23-9-8-20(13-21(23)33)37-30(41)31(10-11-31)29(40)36-19-6-4-18(32)5-7-19/h4-9,12-14,16H,10-11,15H2,1-3H3,(H,36,40)(H,37,41)(H,34,35,38). The van der Waals surface area contributed by atoms with Crippen molar-refractivity contribution in [3.63, 3.8) is 0 Å². The molecule has 11 nitrogen and oxygen atoms in total. The Morgan fingerprint density at radius 1 is 0.886 bits per heavy atom. The molecule has 6 rings (SSSR count). The molecule has 1 saturated carbocycles. The molecule has 226 valence electrons. The van der Waals surface area contributed by atoms with Crippen molar-refractivity contribution in [3.8, 4) is 23.1 Å². The average Bonchev–Trinajstić information content (AvgIpc) is 3.84. The van der Waals surface area contributed by atoms with Crippen LogP contribution in [-0.2, 0) is 16.1 Å². The fourth-order valence-electron chi connectivity index (χ4n) is 4.99. The summed E-state index contributed by atoms with van der Waals surface area (Å²) in [5.74, 6) is -0.715. The highest BCUT2D eigenvalue weighted by molar-refractivity contribution is 6.16. The van der Waals surface area contributed by atoms with E-state index in [-0.39, 0.29) is 17.3 Å². The van der Waals surface area contributed by atoms with Crippen molar-refractivity contribution >= 4 is 40.4 Å². The molecule has 13 heteroatoms. The van der Waals surface area contributed by atoms with Crippen molar-refractivity contribution < 1.29 is 32.6 Å². The normalized spacial score (nSPS) is 14.2. The number of nitrogens with zero attached hydrogens (tertiary/aromatic N) is 3. The topological polar surface area (TPSA) is 127 Å². The first-order valence-electron chi connectivity index (χ1n) is 13.6. The lowest BCUT2D eigenvalue weighted by Crippen LogP contribution is -2.35. The molecule has 0 spiro atoms. The number of benzene rings is 3. The molecule has 0 radical (unpaired) electrons. The van der Waals surface area contributed by atoms with Crippen LogP contribution in [0.2, 0.25) is 0 Å². The van der Waals surface area contributed by atoms with E-state index >= 15 is 4.39 Å². The number of rotatable bonds is 8. The number of fused-ring (bicyclic) bond motifs is 2. The maximum Gasteiger partial charge on any atom is 0.248 e. The van der Waals surface area contributed by atoms with Crippen molar-refractivity contribution in [2.45, 2.75) is 19.4 Å². The lowest BCUT2D eigenvalue weighted by atomic mass is 10.0. The summed E-state index contributed by atoms with van der Waals surface area (Å²) in [5.41, 5.74) is 1.39. The van der Waals surface area contributed by atoms with E-state index < -0.39 is 28.9 Å². The second kappa shape index (κ2) is 11.3. The predicted molar refractivity (Wildman–Crippen MR) is 159 cm³/mol. The SMILES string of the molecule is COc1cc2c(cc1OC)Nc1ncnc(Oc3ccc(NC(=O)C4(C(=O)Nc5ccc(F)cc5)CC4)cc3F)c1N(C)C2. The quantitative estimate of drug-likeness (QED) is 0.221. The number of anilines is 5. The van der Waals surface area contributed by atoms with Gasteiger partial charge in [-0.3, -0.25) is 9.59 Å². The largest absolute Gasteiger partial charge is 0.493 e.